The molecular weight excluding hydrogens is 287 g/mol. The highest BCUT2D eigenvalue weighted by molar-refractivity contribution is 7.13. The number of aromatic nitrogens is 1. The van der Waals surface area contributed by atoms with Gasteiger partial charge in [0.25, 0.3) is 0 Å². The van der Waals surface area contributed by atoms with Crippen molar-refractivity contribution in [2.24, 2.45) is 5.73 Å². The van der Waals surface area contributed by atoms with Crippen LogP contribution in [0.15, 0.2) is 29.8 Å². The lowest BCUT2D eigenvalue weighted by Crippen LogP contribution is -2.46. The first-order valence-electron chi connectivity index (χ1n) is 7.09. The van der Waals surface area contributed by atoms with Crippen molar-refractivity contribution in [1.29, 1.82) is 0 Å². The lowest BCUT2D eigenvalue weighted by Gasteiger charge is -2.36. The average Bonchev–Trinajstić information content (AvgIpc) is 3.01. The van der Waals surface area contributed by atoms with Gasteiger partial charge in [-0.3, -0.25) is 0 Å². The van der Waals surface area contributed by atoms with Crippen molar-refractivity contribution >= 4 is 22.2 Å². The van der Waals surface area contributed by atoms with Crippen LogP contribution in [0.5, 0.6) is 0 Å². The lowest BCUT2D eigenvalue weighted by atomic mass is 10.1. The SMILES string of the molecule is C[C@H](N)c1ccc(N2CCN(c3nccs3)CC2)c(F)c1. The Hall–Kier alpha value is -1.66. The van der Waals surface area contributed by atoms with Gasteiger partial charge in [0.1, 0.15) is 5.82 Å². The number of nitrogens with two attached hydrogens (primary N) is 1. The molecular formula is C15H19FN4S. The number of nitrogens with zero attached hydrogens (tertiary/aromatic N) is 3. The van der Waals surface area contributed by atoms with E-state index in [-0.39, 0.29) is 11.9 Å². The molecule has 0 saturated carbocycles. The Morgan fingerprint density at radius 3 is 2.52 bits per heavy atom. The fourth-order valence-electron chi connectivity index (χ4n) is 2.57. The Balaban J connectivity index is 1.69. The third-order valence-electron chi connectivity index (χ3n) is 3.81. The molecule has 2 heterocycles. The molecule has 0 spiro atoms. The molecule has 2 aromatic rings. The Morgan fingerprint density at radius 1 is 1.24 bits per heavy atom. The van der Waals surface area contributed by atoms with Gasteiger partial charge in [-0.1, -0.05) is 6.07 Å². The van der Waals surface area contributed by atoms with E-state index in [9.17, 15) is 4.39 Å². The number of benzene rings is 1. The molecule has 1 atom stereocenters. The highest BCUT2D eigenvalue weighted by atomic mass is 32.1. The molecule has 1 fully saturated rings. The molecule has 0 bridgehead atoms. The summed E-state index contributed by atoms with van der Waals surface area (Å²) in [6.07, 6.45) is 1.82. The first-order chi connectivity index (χ1) is 10.1. The molecule has 1 aliphatic heterocycles. The zero-order valence-corrected chi connectivity index (χ0v) is 12.8. The minimum Gasteiger partial charge on any atom is -0.366 e. The van der Waals surface area contributed by atoms with Crippen molar-refractivity contribution in [2.75, 3.05) is 36.0 Å². The highest BCUT2D eigenvalue weighted by Crippen LogP contribution is 2.25. The molecule has 0 unspecified atom stereocenters. The molecule has 4 nitrogen and oxygen atoms in total. The van der Waals surface area contributed by atoms with Crippen LogP contribution in [0.25, 0.3) is 0 Å². The Bertz CT molecular complexity index is 592. The van der Waals surface area contributed by atoms with E-state index >= 15 is 0 Å². The minimum absolute atomic E-state index is 0.143. The summed E-state index contributed by atoms with van der Waals surface area (Å²) in [5, 5.41) is 3.02. The first-order valence-corrected chi connectivity index (χ1v) is 7.97. The number of halogens is 1. The third-order valence-corrected chi connectivity index (χ3v) is 4.64. The van der Waals surface area contributed by atoms with E-state index in [4.69, 9.17) is 5.73 Å². The van der Waals surface area contributed by atoms with Gasteiger partial charge >= 0.3 is 0 Å². The molecule has 0 radical (unpaired) electrons. The van der Waals surface area contributed by atoms with Gasteiger partial charge in [0.05, 0.1) is 5.69 Å². The maximum absolute atomic E-state index is 14.2. The number of rotatable bonds is 3. The van der Waals surface area contributed by atoms with Crippen molar-refractivity contribution in [3.63, 3.8) is 0 Å². The molecule has 112 valence electrons. The smallest absolute Gasteiger partial charge is 0.185 e. The van der Waals surface area contributed by atoms with Gasteiger partial charge in [-0.15, -0.1) is 11.3 Å². The molecule has 1 aromatic heterocycles. The minimum atomic E-state index is -0.188. The summed E-state index contributed by atoms with van der Waals surface area (Å²) < 4.78 is 14.2. The van der Waals surface area contributed by atoms with Crippen molar-refractivity contribution in [3.8, 4) is 0 Å². The second-order valence-electron chi connectivity index (χ2n) is 5.29. The predicted octanol–water partition coefficient (Wildman–Crippen LogP) is 2.63. The second kappa shape index (κ2) is 5.99. The Labute approximate surface area is 128 Å². The molecule has 0 aliphatic carbocycles. The van der Waals surface area contributed by atoms with Crippen molar-refractivity contribution < 1.29 is 4.39 Å². The van der Waals surface area contributed by atoms with Gasteiger partial charge < -0.3 is 15.5 Å². The van der Waals surface area contributed by atoms with Crippen molar-refractivity contribution in [3.05, 3.63) is 41.2 Å². The zero-order valence-electron chi connectivity index (χ0n) is 12.0. The predicted molar refractivity (Wildman–Crippen MR) is 85.5 cm³/mol. The van der Waals surface area contributed by atoms with Gasteiger partial charge in [0.15, 0.2) is 5.13 Å². The van der Waals surface area contributed by atoms with E-state index in [1.54, 1.807) is 17.4 Å². The molecule has 1 saturated heterocycles. The fraction of sp³-hybridized carbons (Fsp3) is 0.400. The quantitative estimate of drug-likeness (QED) is 0.947. The summed E-state index contributed by atoms with van der Waals surface area (Å²) in [5.74, 6) is -0.188. The molecule has 1 aliphatic rings. The molecule has 0 amide bonds. The lowest BCUT2D eigenvalue weighted by molar-refractivity contribution is 0.594. The number of hydrogen-bond acceptors (Lipinski definition) is 5. The van der Waals surface area contributed by atoms with E-state index in [1.807, 2.05) is 30.6 Å². The van der Waals surface area contributed by atoms with Gasteiger partial charge in [0, 0.05) is 43.8 Å². The van der Waals surface area contributed by atoms with Crippen LogP contribution >= 0.6 is 11.3 Å². The number of piperazine rings is 1. The van der Waals surface area contributed by atoms with E-state index in [0.29, 0.717) is 5.69 Å². The van der Waals surface area contributed by atoms with Crippen LogP contribution in [0, 0.1) is 5.82 Å². The van der Waals surface area contributed by atoms with Crippen LogP contribution < -0.4 is 15.5 Å². The van der Waals surface area contributed by atoms with Crippen LogP contribution in [0.2, 0.25) is 0 Å². The number of thiazole rings is 1. The molecule has 1 aromatic carbocycles. The van der Waals surface area contributed by atoms with Gasteiger partial charge in [-0.05, 0) is 24.6 Å². The summed E-state index contributed by atoms with van der Waals surface area (Å²) in [4.78, 5) is 8.66. The molecule has 3 rings (SSSR count). The van der Waals surface area contributed by atoms with Crippen molar-refractivity contribution in [2.45, 2.75) is 13.0 Å². The summed E-state index contributed by atoms with van der Waals surface area (Å²) in [6, 6.07) is 5.16. The molecule has 2 N–H and O–H groups in total. The van der Waals surface area contributed by atoms with Crippen LogP contribution in [0.4, 0.5) is 15.2 Å². The maximum atomic E-state index is 14.2. The van der Waals surface area contributed by atoms with Crippen LogP contribution in [0.3, 0.4) is 0 Å². The maximum Gasteiger partial charge on any atom is 0.185 e. The fourth-order valence-corrected chi connectivity index (χ4v) is 3.27. The van der Waals surface area contributed by atoms with E-state index in [2.05, 4.69) is 14.8 Å². The summed E-state index contributed by atoms with van der Waals surface area (Å²) in [7, 11) is 0. The van der Waals surface area contributed by atoms with Gasteiger partial charge in [-0.25, -0.2) is 9.37 Å². The van der Waals surface area contributed by atoms with Gasteiger partial charge in [-0.2, -0.15) is 0 Å². The monoisotopic (exact) mass is 306 g/mol. The van der Waals surface area contributed by atoms with Gasteiger partial charge in [0.2, 0.25) is 0 Å². The molecule has 6 heteroatoms. The highest BCUT2D eigenvalue weighted by Gasteiger charge is 2.21. The van der Waals surface area contributed by atoms with E-state index in [0.717, 1.165) is 36.9 Å². The van der Waals surface area contributed by atoms with Crippen molar-refractivity contribution in [1.82, 2.24) is 4.98 Å². The first kappa shape index (κ1) is 14.3. The average molecular weight is 306 g/mol. The largest absolute Gasteiger partial charge is 0.366 e. The molecule has 21 heavy (non-hydrogen) atoms. The number of anilines is 2. The van der Waals surface area contributed by atoms with Crippen LogP contribution in [-0.4, -0.2) is 31.2 Å². The normalized spacial score (nSPS) is 17.1. The second-order valence-corrected chi connectivity index (χ2v) is 6.16. The Morgan fingerprint density at radius 2 is 1.95 bits per heavy atom. The standard InChI is InChI=1S/C15H19FN4S/c1-11(17)12-2-3-14(13(16)10-12)19-5-7-20(8-6-19)15-18-4-9-21-15/h2-4,9-11H,5-8,17H2,1H3/t11-/m0/s1. The summed E-state index contributed by atoms with van der Waals surface area (Å²) in [5.41, 5.74) is 7.29. The van der Waals surface area contributed by atoms with Crippen LogP contribution in [-0.2, 0) is 0 Å². The Kier molecular flexibility index (Phi) is 4.07. The third kappa shape index (κ3) is 3.01. The number of hydrogen-bond donors (Lipinski definition) is 1. The summed E-state index contributed by atoms with van der Waals surface area (Å²) in [6.45, 7) is 5.19. The topological polar surface area (TPSA) is 45.4 Å². The van der Waals surface area contributed by atoms with Crippen LogP contribution in [0.1, 0.15) is 18.5 Å². The summed E-state index contributed by atoms with van der Waals surface area (Å²) >= 11 is 1.64. The van der Waals surface area contributed by atoms with E-state index < -0.39 is 0 Å². The zero-order chi connectivity index (χ0) is 14.8. The van der Waals surface area contributed by atoms with E-state index in [1.165, 1.54) is 0 Å².